The van der Waals surface area contributed by atoms with Crippen LogP contribution < -0.4 is 11.3 Å². The van der Waals surface area contributed by atoms with Gasteiger partial charge in [0.15, 0.2) is 0 Å². The van der Waals surface area contributed by atoms with E-state index in [-0.39, 0.29) is 6.04 Å². The van der Waals surface area contributed by atoms with E-state index in [1.807, 2.05) is 6.92 Å². The van der Waals surface area contributed by atoms with Crippen LogP contribution in [-0.2, 0) is 6.18 Å². The first-order chi connectivity index (χ1) is 7.84. The predicted octanol–water partition coefficient (Wildman–Crippen LogP) is 2.57. The molecule has 0 amide bonds. The molecule has 1 atom stereocenters. The van der Waals surface area contributed by atoms with Crippen LogP contribution >= 0.6 is 0 Å². The van der Waals surface area contributed by atoms with Crippen molar-refractivity contribution in [3.63, 3.8) is 0 Å². The number of nitrogens with one attached hydrogen (secondary N) is 1. The van der Waals surface area contributed by atoms with Crippen LogP contribution in [0.4, 0.5) is 13.2 Å². The highest BCUT2D eigenvalue weighted by Gasteiger charge is 2.30. The van der Waals surface area contributed by atoms with Crippen LogP contribution in [0.1, 0.15) is 30.6 Å². The van der Waals surface area contributed by atoms with Gasteiger partial charge in [-0.15, -0.1) is 6.58 Å². The fourth-order valence-electron chi connectivity index (χ4n) is 1.38. The summed E-state index contributed by atoms with van der Waals surface area (Å²) in [6.07, 6.45) is -3.04. The van der Waals surface area contributed by atoms with E-state index >= 15 is 0 Å². The van der Waals surface area contributed by atoms with Crippen molar-refractivity contribution < 1.29 is 13.2 Å². The van der Waals surface area contributed by atoms with Crippen LogP contribution in [-0.4, -0.2) is 4.98 Å². The van der Waals surface area contributed by atoms with Gasteiger partial charge in [0.05, 0.1) is 17.3 Å². The fraction of sp³-hybridized carbons (Fsp3) is 0.364. The molecule has 3 nitrogen and oxygen atoms in total. The molecule has 0 fully saturated rings. The maximum atomic E-state index is 12.3. The topological polar surface area (TPSA) is 50.9 Å². The monoisotopic (exact) mass is 245 g/mol. The molecular formula is C11H14F3N3. The molecule has 0 aliphatic rings. The Labute approximate surface area is 97.5 Å². The summed E-state index contributed by atoms with van der Waals surface area (Å²) < 4.78 is 37.0. The molecule has 3 N–H and O–H groups in total. The molecule has 1 unspecified atom stereocenters. The van der Waals surface area contributed by atoms with Gasteiger partial charge in [0, 0.05) is 6.20 Å². The third-order valence-corrected chi connectivity index (χ3v) is 2.22. The van der Waals surface area contributed by atoms with Gasteiger partial charge in [0.2, 0.25) is 0 Å². The van der Waals surface area contributed by atoms with Crippen molar-refractivity contribution in [2.24, 2.45) is 5.84 Å². The summed E-state index contributed by atoms with van der Waals surface area (Å²) in [4.78, 5) is 3.77. The summed E-state index contributed by atoms with van der Waals surface area (Å²) in [5.74, 6) is 5.32. The molecule has 0 radical (unpaired) electrons. The van der Waals surface area contributed by atoms with E-state index < -0.39 is 11.7 Å². The van der Waals surface area contributed by atoms with Crippen LogP contribution in [0.5, 0.6) is 0 Å². The number of nitrogens with two attached hydrogens (primary N) is 1. The first-order valence-corrected chi connectivity index (χ1v) is 4.98. The summed E-state index contributed by atoms with van der Waals surface area (Å²) in [6.45, 7) is 5.54. The molecule has 1 aromatic heterocycles. The van der Waals surface area contributed by atoms with Gasteiger partial charge in [-0.2, -0.15) is 13.2 Å². The number of aromatic nitrogens is 1. The Morgan fingerprint density at radius 1 is 1.53 bits per heavy atom. The Kier molecular flexibility index (Phi) is 4.25. The van der Waals surface area contributed by atoms with Crippen molar-refractivity contribution in [2.45, 2.75) is 25.6 Å². The average molecular weight is 245 g/mol. The Hall–Kier alpha value is -1.40. The lowest BCUT2D eigenvalue weighted by Crippen LogP contribution is -2.29. The number of hydrogen-bond acceptors (Lipinski definition) is 3. The molecule has 0 saturated carbocycles. The Balaban J connectivity index is 2.89. The molecule has 1 rings (SSSR count). The molecule has 1 aromatic rings. The standard InChI is InChI=1S/C11H14F3N3/c1-7(2)5-10(17-15)9-4-3-8(6-16-9)11(12,13)14/h3-4,6,10,17H,1,5,15H2,2H3. The minimum Gasteiger partial charge on any atom is -0.271 e. The van der Waals surface area contributed by atoms with Crippen molar-refractivity contribution in [3.8, 4) is 0 Å². The van der Waals surface area contributed by atoms with E-state index in [2.05, 4.69) is 17.0 Å². The first-order valence-electron chi connectivity index (χ1n) is 4.98. The zero-order valence-electron chi connectivity index (χ0n) is 9.38. The maximum absolute atomic E-state index is 12.3. The molecule has 1 heterocycles. The molecule has 0 aliphatic carbocycles. The Morgan fingerprint density at radius 3 is 2.53 bits per heavy atom. The second-order valence-corrected chi connectivity index (χ2v) is 3.85. The number of alkyl halides is 3. The van der Waals surface area contributed by atoms with Crippen LogP contribution in [0.2, 0.25) is 0 Å². The van der Waals surface area contributed by atoms with E-state index in [1.165, 1.54) is 6.07 Å². The van der Waals surface area contributed by atoms with Crippen LogP contribution in [0.15, 0.2) is 30.5 Å². The smallest absolute Gasteiger partial charge is 0.271 e. The number of rotatable bonds is 4. The molecule has 6 heteroatoms. The normalized spacial score (nSPS) is 13.5. The van der Waals surface area contributed by atoms with Crippen molar-refractivity contribution in [1.29, 1.82) is 0 Å². The zero-order chi connectivity index (χ0) is 13.1. The van der Waals surface area contributed by atoms with Gasteiger partial charge < -0.3 is 0 Å². The number of pyridine rings is 1. The zero-order valence-corrected chi connectivity index (χ0v) is 9.38. The van der Waals surface area contributed by atoms with Crippen molar-refractivity contribution in [1.82, 2.24) is 10.4 Å². The second-order valence-electron chi connectivity index (χ2n) is 3.85. The number of nitrogens with zero attached hydrogens (tertiary/aromatic N) is 1. The van der Waals surface area contributed by atoms with Gasteiger partial charge in [-0.3, -0.25) is 16.3 Å². The van der Waals surface area contributed by atoms with Crippen LogP contribution in [0.25, 0.3) is 0 Å². The third-order valence-electron chi connectivity index (χ3n) is 2.22. The summed E-state index contributed by atoms with van der Waals surface area (Å²) >= 11 is 0. The van der Waals surface area contributed by atoms with Gasteiger partial charge in [0.25, 0.3) is 0 Å². The minimum absolute atomic E-state index is 0.324. The summed E-state index contributed by atoms with van der Waals surface area (Å²) in [6, 6.07) is 1.98. The molecule has 0 bridgehead atoms. The Morgan fingerprint density at radius 2 is 2.18 bits per heavy atom. The first kappa shape index (κ1) is 13.7. The summed E-state index contributed by atoms with van der Waals surface area (Å²) in [7, 11) is 0. The molecular weight excluding hydrogens is 231 g/mol. The van der Waals surface area contributed by atoms with E-state index in [9.17, 15) is 13.2 Å². The van der Waals surface area contributed by atoms with Crippen molar-refractivity contribution in [2.75, 3.05) is 0 Å². The third kappa shape index (κ3) is 3.83. The quantitative estimate of drug-likeness (QED) is 0.487. The number of hydrazine groups is 1. The number of halogens is 3. The molecule has 0 saturated heterocycles. The minimum atomic E-state index is -4.37. The molecule has 0 aromatic carbocycles. The molecule has 94 valence electrons. The lowest BCUT2D eigenvalue weighted by Gasteiger charge is -2.16. The van der Waals surface area contributed by atoms with Crippen molar-refractivity contribution in [3.05, 3.63) is 41.7 Å². The van der Waals surface area contributed by atoms with Gasteiger partial charge in [0.1, 0.15) is 0 Å². The highest BCUT2D eigenvalue weighted by Crippen LogP contribution is 2.29. The SMILES string of the molecule is C=C(C)CC(NN)c1ccc(C(F)(F)F)cn1. The molecule has 0 spiro atoms. The highest BCUT2D eigenvalue weighted by atomic mass is 19.4. The van der Waals surface area contributed by atoms with Gasteiger partial charge in [-0.05, 0) is 25.5 Å². The highest BCUT2D eigenvalue weighted by molar-refractivity contribution is 5.19. The van der Waals surface area contributed by atoms with Crippen molar-refractivity contribution >= 4 is 0 Å². The number of hydrogen-bond donors (Lipinski definition) is 2. The second kappa shape index (κ2) is 5.29. The average Bonchev–Trinajstić information content (AvgIpc) is 2.24. The maximum Gasteiger partial charge on any atom is 0.417 e. The van der Waals surface area contributed by atoms with Crippen LogP contribution in [0, 0.1) is 0 Å². The lowest BCUT2D eigenvalue weighted by molar-refractivity contribution is -0.137. The van der Waals surface area contributed by atoms with Gasteiger partial charge in [-0.25, -0.2) is 0 Å². The van der Waals surface area contributed by atoms with E-state index in [0.717, 1.165) is 17.8 Å². The fourth-order valence-corrected chi connectivity index (χ4v) is 1.38. The van der Waals surface area contributed by atoms with Crippen LogP contribution in [0.3, 0.4) is 0 Å². The Bertz CT molecular complexity index is 384. The predicted molar refractivity (Wildman–Crippen MR) is 58.7 cm³/mol. The lowest BCUT2D eigenvalue weighted by atomic mass is 10.1. The van der Waals surface area contributed by atoms with E-state index in [0.29, 0.717) is 12.1 Å². The summed E-state index contributed by atoms with van der Waals surface area (Å²) in [5, 5.41) is 0. The molecule has 17 heavy (non-hydrogen) atoms. The summed E-state index contributed by atoms with van der Waals surface area (Å²) in [5.41, 5.74) is 3.06. The van der Waals surface area contributed by atoms with Gasteiger partial charge in [-0.1, -0.05) is 5.57 Å². The van der Waals surface area contributed by atoms with E-state index in [4.69, 9.17) is 5.84 Å². The van der Waals surface area contributed by atoms with E-state index in [1.54, 1.807) is 0 Å². The largest absolute Gasteiger partial charge is 0.417 e. The van der Waals surface area contributed by atoms with Gasteiger partial charge >= 0.3 is 6.18 Å². The molecule has 0 aliphatic heterocycles.